The summed E-state index contributed by atoms with van der Waals surface area (Å²) in [5.41, 5.74) is 3.19. The molecule has 0 aliphatic heterocycles. The Balaban J connectivity index is 1.68. The van der Waals surface area contributed by atoms with Crippen LogP contribution < -0.4 is 10.1 Å². The minimum absolute atomic E-state index is 0.0261. The normalized spacial score (nSPS) is 12.0. The number of hydrogen-bond donors (Lipinski definition) is 1. The summed E-state index contributed by atoms with van der Waals surface area (Å²) in [5, 5.41) is 2.96. The molecule has 0 saturated carbocycles. The summed E-state index contributed by atoms with van der Waals surface area (Å²) in [5.74, 6) is -0.194. The minimum atomic E-state index is -3.76. The third kappa shape index (κ3) is 9.49. The second-order valence-electron chi connectivity index (χ2n) is 10.2. The van der Waals surface area contributed by atoms with Gasteiger partial charge in [0.05, 0.1) is 19.9 Å². The zero-order valence-electron chi connectivity index (χ0n) is 24.3. The maximum absolute atomic E-state index is 14.1. The van der Waals surface area contributed by atoms with Gasteiger partial charge in [-0.15, -0.1) is 0 Å². The van der Waals surface area contributed by atoms with E-state index >= 15 is 0 Å². The van der Waals surface area contributed by atoms with Crippen LogP contribution in [0.4, 0.5) is 0 Å². The van der Waals surface area contributed by atoms with Crippen molar-refractivity contribution in [1.82, 2.24) is 19.5 Å². The third-order valence-electron chi connectivity index (χ3n) is 6.95. The van der Waals surface area contributed by atoms with Gasteiger partial charge in [0.25, 0.3) is 0 Å². The Kier molecular flexibility index (Phi) is 11.0. The van der Waals surface area contributed by atoms with Crippen LogP contribution in [0.5, 0.6) is 5.75 Å². The molecule has 3 aromatic carbocycles. The van der Waals surface area contributed by atoms with Gasteiger partial charge in [0.1, 0.15) is 11.8 Å². The summed E-state index contributed by atoms with van der Waals surface area (Å²) in [7, 11) is -2.19. The first-order valence-electron chi connectivity index (χ1n) is 13.8. The van der Waals surface area contributed by atoms with Crippen LogP contribution in [0.15, 0.2) is 109 Å². The quantitative estimate of drug-likeness (QED) is 0.236. The van der Waals surface area contributed by atoms with E-state index < -0.39 is 28.5 Å². The number of pyridine rings is 1. The van der Waals surface area contributed by atoms with Crippen molar-refractivity contribution in [3.63, 3.8) is 0 Å². The number of sulfonamides is 1. The van der Waals surface area contributed by atoms with Crippen LogP contribution in [0.1, 0.15) is 22.3 Å². The molecule has 0 radical (unpaired) electrons. The lowest BCUT2D eigenvalue weighted by atomic mass is 10.0. The number of aromatic nitrogens is 1. The van der Waals surface area contributed by atoms with Gasteiger partial charge in [-0.2, -0.15) is 4.31 Å². The summed E-state index contributed by atoms with van der Waals surface area (Å²) < 4.78 is 32.1. The average Bonchev–Trinajstić information content (AvgIpc) is 3.02. The van der Waals surface area contributed by atoms with E-state index in [0.29, 0.717) is 5.75 Å². The van der Waals surface area contributed by atoms with E-state index in [1.165, 1.54) is 4.90 Å². The molecule has 0 bridgehead atoms. The second kappa shape index (κ2) is 15.1. The first-order chi connectivity index (χ1) is 20.7. The molecule has 43 heavy (non-hydrogen) atoms. The minimum Gasteiger partial charge on any atom is -0.497 e. The van der Waals surface area contributed by atoms with E-state index in [9.17, 15) is 18.0 Å². The molecule has 10 heteroatoms. The van der Waals surface area contributed by atoms with Gasteiger partial charge in [0, 0.05) is 38.4 Å². The zero-order chi connectivity index (χ0) is 30.7. The molecule has 4 aromatic rings. The third-order valence-corrected chi connectivity index (χ3v) is 8.15. The fourth-order valence-corrected chi connectivity index (χ4v) is 5.34. The molecular weight excluding hydrogens is 564 g/mol. The highest BCUT2D eigenvalue weighted by molar-refractivity contribution is 7.88. The highest BCUT2D eigenvalue weighted by Crippen LogP contribution is 2.19. The van der Waals surface area contributed by atoms with Gasteiger partial charge in [0.2, 0.25) is 21.8 Å². The van der Waals surface area contributed by atoms with Gasteiger partial charge >= 0.3 is 0 Å². The maximum atomic E-state index is 14.1. The zero-order valence-corrected chi connectivity index (χ0v) is 25.1. The summed E-state index contributed by atoms with van der Waals surface area (Å²) in [6.45, 7) is -0.0843. The van der Waals surface area contributed by atoms with Crippen molar-refractivity contribution in [2.45, 2.75) is 32.1 Å². The predicted octanol–water partition coefficient (Wildman–Crippen LogP) is 3.81. The van der Waals surface area contributed by atoms with E-state index in [-0.39, 0.29) is 32.0 Å². The molecular formula is C33H36N4O5S. The number of methoxy groups -OCH3 is 1. The van der Waals surface area contributed by atoms with Crippen LogP contribution in [0, 0.1) is 0 Å². The van der Waals surface area contributed by atoms with Crippen molar-refractivity contribution in [2.75, 3.05) is 19.9 Å². The molecule has 1 aromatic heterocycles. The molecule has 1 heterocycles. The predicted molar refractivity (Wildman–Crippen MR) is 165 cm³/mol. The molecule has 0 spiro atoms. The first-order valence-corrected chi connectivity index (χ1v) is 15.7. The first kappa shape index (κ1) is 31.4. The standard InChI is InChI=1S/C33H36N4O5S/c1-42-30-17-15-28(16-18-30)24-37(32(38)25-36(43(2,40)41)23-27-12-7-4-8-13-27)31(20-26-10-5-3-6-11-26)33(39)35-22-29-14-9-19-34-21-29/h3-19,21,31H,20,22-25H2,1-2H3,(H,35,39). The molecule has 2 amide bonds. The highest BCUT2D eigenvalue weighted by atomic mass is 32.2. The second-order valence-corrected chi connectivity index (χ2v) is 12.2. The van der Waals surface area contributed by atoms with E-state index in [0.717, 1.165) is 32.8 Å². The van der Waals surface area contributed by atoms with Gasteiger partial charge in [-0.25, -0.2) is 8.42 Å². The molecule has 0 aliphatic rings. The highest BCUT2D eigenvalue weighted by Gasteiger charge is 2.33. The molecule has 1 unspecified atom stereocenters. The van der Waals surface area contributed by atoms with Crippen LogP contribution in [0.25, 0.3) is 0 Å². The largest absolute Gasteiger partial charge is 0.497 e. The molecule has 0 saturated heterocycles. The number of hydrogen-bond acceptors (Lipinski definition) is 6. The van der Waals surface area contributed by atoms with Crippen molar-refractivity contribution < 1.29 is 22.7 Å². The van der Waals surface area contributed by atoms with E-state index in [4.69, 9.17) is 4.74 Å². The molecule has 9 nitrogen and oxygen atoms in total. The van der Waals surface area contributed by atoms with Crippen molar-refractivity contribution in [3.8, 4) is 5.75 Å². The van der Waals surface area contributed by atoms with Crippen molar-refractivity contribution in [3.05, 3.63) is 132 Å². The Bertz CT molecular complexity index is 1570. The Morgan fingerprint density at radius 3 is 2.00 bits per heavy atom. The van der Waals surface area contributed by atoms with E-state index in [2.05, 4.69) is 10.3 Å². The Labute approximate surface area is 253 Å². The van der Waals surface area contributed by atoms with E-state index in [1.54, 1.807) is 37.7 Å². The fourth-order valence-electron chi connectivity index (χ4n) is 4.61. The van der Waals surface area contributed by atoms with Crippen LogP contribution in [-0.2, 0) is 45.7 Å². The van der Waals surface area contributed by atoms with Gasteiger partial charge < -0.3 is 15.0 Å². The number of nitrogens with zero attached hydrogens (tertiary/aromatic N) is 3. The Morgan fingerprint density at radius 1 is 0.814 bits per heavy atom. The monoisotopic (exact) mass is 600 g/mol. The smallest absolute Gasteiger partial charge is 0.243 e. The van der Waals surface area contributed by atoms with Crippen LogP contribution >= 0.6 is 0 Å². The molecule has 1 atom stereocenters. The number of rotatable bonds is 14. The van der Waals surface area contributed by atoms with Gasteiger partial charge in [-0.3, -0.25) is 14.6 Å². The number of benzene rings is 3. The maximum Gasteiger partial charge on any atom is 0.243 e. The van der Waals surface area contributed by atoms with Crippen molar-refractivity contribution >= 4 is 21.8 Å². The van der Waals surface area contributed by atoms with E-state index in [1.807, 2.05) is 78.9 Å². The lowest BCUT2D eigenvalue weighted by Crippen LogP contribution is -2.53. The fraction of sp³-hybridized carbons (Fsp3) is 0.242. The van der Waals surface area contributed by atoms with Crippen LogP contribution in [-0.4, -0.2) is 60.4 Å². The average molecular weight is 601 g/mol. The topological polar surface area (TPSA) is 109 Å². The van der Waals surface area contributed by atoms with Gasteiger partial charge in [-0.1, -0.05) is 78.9 Å². The SMILES string of the molecule is COc1ccc(CN(C(=O)CN(Cc2ccccc2)S(C)(=O)=O)C(Cc2ccccc2)C(=O)NCc2cccnc2)cc1. The lowest BCUT2D eigenvalue weighted by Gasteiger charge is -2.33. The number of nitrogens with one attached hydrogen (secondary N) is 1. The van der Waals surface area contributed by atoms with Crippen LogP contribution in [0.3, 0.4) is 0 Å². The van der Waals surface area contributed by atoms with Crippen molar-refractivity contribution in [1.29, 1.82) is 0 Å². The molecule has 0 aliphatic carbocycles. The summed E-state index contributed by atoms with van der Waals surface area (Å²) in [4.78, 5) is 33.6. The number of carbonyl (C=O) groups excluding carboxylic acids is 2. The summed E-state index contributed by atoms with van der Waals surface area (Å²) in [6, 6.07) is 28.4. The van der Waals surface area contributed by atoms with Crippen molar-refractivity contribution in [2.24, 2.45) is 0 Å². The Morgan fingerprint density at radius 2 is 1.42 bits per heavy atom. The lowest BCUT2D eigenvalue weighted by molar-refractivity contribution is -0.141. The number of ether oxygens (including phenoxy) is 1. The van der Waals surface area contributed by atoms with Gasteiger partial charge in [-0.05, 0) is 40.5 Å². The molecule has 224 valence electrons. The molecule has 0 fully saturated rings. The van der Waals surface area contributed by atoms with Gasteiger partial charge in [0.15, 0.2) is 0 Å². The number of carbonyl (C=O) groups is 2. The summed E-state index contributed by atoms with van der Waals surface area (Å²) in [6.07, 6.45) is 4.64. The summed E-state index contributed by atoms with van der Waals surface area (Å²) >= 11 is 0. The van der Waals surface area contributed by atoms with Crippen LogP contribution in [0.2, 0.25) is 0 Å². The Hall–Kier alpha value is -4.54. The molecule has 4 rings (SSSR count). The number of amides is 2. The molecule has 1 N–H and O–H groups in total.